The van der Waals surface area contributed by atoms with Crippen molar-refractivity contribution in [2.45, 2.75) is 43.0 Å². The lowest BCUT2D eigenvalue weighted by atomic mass is 9.91. The lowest BCUT2D eigenvalue weighted by molar-refractivity contribution is 0.513. The maximum Gasteiger partial charge on any atom is 0.0116 e. The van der Waals surface area contributed by atoms with E-state index < -0.39 is 0 Å². The van der Waals surface area contributed by atoms with Crippen LogP contribution >= 0.6 is 11.8 Å². The van der Waals surface area contributed by atoms with Gasteiger partial charge in [-0.15, -0.1) is 11.8 Å². The van der Waals surface area contributed by atoms with Crippen LogP contribution in [0, 0.1) is 0 Å². The second-order valence-corrected chi connectivity index (χ2v) is 5.32. The first-order valence-corrected chi connectivity index (χ1v) is 6.78. The Morgan fingerprint density at radius 1 is 1.47 bits per heavy atom. The summed E-state index contributed by atoms with van der Waals surface area (Å²) in [6, 6.07) is 9.05. The summed E-state index contributed by atoms with van der Waals surface area (Å²) in [4.78, 5) is 1.44. The fourth-order valence-electron chi connectivity index (χ4n) is 2.18. The van der Waals surface area contributed by atoms with Crippen LogP contribution in [0.15, 0.2) is 29.2 Å². The van der Waals surface area contributed by atoms with Crippen molar-refractivity contribution in [2.24, 2.45) is 5.73 Å². The first-order valence-electron chi connectivity index (χ1n) is 5.80. The van der Waals surface area contributed by atoms with Crippen LogP contribution in [0.1, 0.15) is 37.7 Å². The van der Waals surface area contributed by atoms with E-state index >= 15 is 0 Å². The number of fused-ring (bicyclic) bond motifs is 1. The van der Waals surface area contributed by atoms with Crippen molar-refractivity contribution in [1.82, 2.24) is 0 Å². The topological polar surface area (TPSA) is 26.0 Å². The molecule has 0 saturated heterocycles. The molecule has 1 aliphatic heterocycles. The molecule has 1 aliphatic rings. The number of nitrogens with two attached hydrogens (primary N) is 1. The van der Waals surface area contributed by atoms with Gasteiger partial charge in [-0.3, -0.25) is 0 Å². The van der Waals surface area contributed by atoms with E-state index in [-0.39, 0.29) is 0 Å². The van der Waals surface area contributed by atoms with Crippen LogP contribution in [0.4, 0.5) is 0 Å². The van der Waals surface area contributed by atoms with Gasteiger partial charge in [-0.05, 0) is 18.1 Å². The second kappa shape index (κ2) is 5.04. The Hall–Kier alpha value is -0.470. The van der Waals surface area contributed by atoms with Gasteiger partial charge >= 0.3 is 0 Å². The highest BCUT2D eigenvalue weighted by Gasteiger charge is 2.27. The van der Waals surface area contributed by atoms with Crippen molar-refractivity contribution < 1.29 is 0 Å². The highest BCUT2D eigenvalue weighted by molar-refractivity contribution is 7.99. The Balaban J connectivity index is 2.06. The molecule has 15 heavy (non-hydrogen) atoms. The number of hydrogen-bond acceptors (Lipinski definition) is 2. The van der Waals surface area contributed by atoms with Crippen molar-refractivity contribution in [1.29, 1.82) is 0 Å². The zero-order valence-electron chi connectivity index (χ0n) is 9.28. The Bertz CT molecular complexity index is 324. The molecule has 2 N–H and O–H groups in total. The molecule has 0 spiro atoms. The van der Waals surface area contributed by atoms with Gasteiger partial charge in [0.25, 0.3) is 0 Å². The fourth-order valence-corrected chi connectivity index (χ4v) is 3.53. The molecule has 1 heterocycles. The number of rotatable bonds is 4. The summed E-state index contributed by atoms with van der Waals surface area (Å²) >= 11 is 1.96. The Morgan fingerprint density at radius 2 is 2.27 bits per heavy atom. The zero-order chi connectivity index (χ0) is 10.7. The SMILES string of the molecule is CCCCC(N)C1CSc2ccccc21. The standard InChI is InChI=1S/C13H19NS/c1-2-3-7-12(14)11-9-15-13-8-5-4-6-10(11)13/h4-6,8,11-12H,2-3,7,9,14H2,1H3. The van der Waals surface area contributed by atoms with Crippen molar-refractivity contribution in [3.05, 3.63) is 29.8 Å². The second-order valence-electron chi connectivity index (χ2n) is 4.26. The summed E-state index contributed by atoms with van der Waals surface area (Å²) in [7, 11) is 0. The quantitative estimate of drug-likeness (QED) is 0.843. The summed E-state index contributed by atoms with van der Waals surface area (Å²) in [6.07, 6.45) is 3.66. The van der Waals surface area contributed by atoms with Crippen molar-refractivity contribution in [3.63, 3.8) is 0 Å². The van der Waals surface area contributed by atoms with Gasteiger partial charge in [-0.25, -0.2) is 0 Å². The van der Waals surface area contributed by atoms with Crippen LogP contribution in [-0.2, 0) is 0 Å². The third-order valence-electron chi connectivity index (χ3n) is 3.14. The van der Waals surface area contributed by atoms with Crippen LogP contribution in [0.25, 0.3) is 0 Å². The number of unbranched alkanes of at least 4 members (excludes halogenated alkanes) is 1. The minimum atomic E-state index is 0.348. The molecule has 1 aromatic carbocycles. The molecule has 0 aromatic heterocycles. The first kappa shape index (κ1) is 11.0. The van der Waals surface area contributed by atoms with Crippen LogP contribution in [0.5, 0.6) is 0 Å². The summed E-state index contributed by atoms with van der Waals surface area (Å²) in [6.45, 7) is 2.23. The van der Waals surface area contributed by atoms with Gasteiger partial charge in [-0.1, -0.05) is 38.0 Å². The Morgan fingerprint density at radius 3 is 3.07 bits per heavy atom. The predicted octanol–water partition coefficient (Wildman–Crippen LogP) is 3.39. The molecule has 2 unspecified atom stereocenters. The van der Waals surface area contributed by atoms with Crippen LogP contribution in [0.3, 0.4) is 0 Å². The number of thioether (sulfide) groups is 1. The average Bonchev–Trinajstić information content (AvgIpc) is 2.69. The maximum absolute atomic E-state index is 6.27. The van der Waals surface area contributed by atoms with E-state index in [1.165, 1.54) is 29.1 Å². The minimum Gasteiger partial charge on any atom is -0.327 e. The van der Waals surface area contributed by atoms with Gasteiger partial charge in [0.05, 0.1) is 0 Å². The van der Waals surface area contributed by atoms with Crippen molar-refractivity contribution >= 4 is 11.8 Å². The lowest BCUT2D eigenvalue weighted by Crippen LogP contribution is -2.28. The van der Waals surface area contributed by atoms with Crippen molar-refractivity contribution in [2.75, 3.05) is 5.75 Å². The van der Waals surface area contributed by atoms with E-state index in [0.717, 1.165) is 6.42 Å². The molecular formula is C13H19NS. The monoisotopic (exact) mass is 221 g/mol. The van der Waals surface area contributed by atoms with E-state index in [9.17, 15) is 0 Å². The number of hydrogen-bond donors (Lipinski definition) is 1. The average molecular weight is 221 g/mol. The number of benzene rings is 1. The van der Waals surface area contributed by atoms with E-state index in [2.05, 4.69) is 31.2 Å². The highest BCUT2D eigenvalue weighted by atomic mass is 32.2. The Kier molecular flexibility index (Phi) is 3.71. The van der Waals surface area contributed by atoms with Crippen LogP contribution in [-0.4, -0.2) is 11.8 Å². The summed E-state index contributed by atoms with van der Waals surface area (Å²) in [5.74, 6) is 1.75. The smallest absolute Gasteiger partial charge is 0.0116 e. The van der Waals surface area contributed by atoms with Crippen LogP contribution < -0.4 is 5.73 Å². The van der Waals surface area contributed by atoms with E-state index in [1.807, 2.05) is 11.8 Å². The third-order valence-corrected chi connectivity index (χ3v) is 4.35. The molecule has 2 rings (SSSR count). The lowest BCUT2D eigenvalue weighted by Gasteiger charge is -2.19. The van der Waals surface area contributed by atoms with Gasteiger partial charge < -0.3 is 5.73 Å². The molecule has 0 bridgehead atoms. The maximum atomic E-state index is 6.27. The molecule has 82 valence electrons. The van der Waals surface area contributed by atoms with Gasteiger partial charge in [-0.2, -0.15) is 0 Å². The summed E-state index contributed by atoms with van der Waals surface area (Å²) in [5.41, 5.74) is 7.74. The first-order chi connectivity index (χ1) is 7.33. The van der Waals surface area contributed by atoms with Gasteiger partial charge in [0.15, 0.2) is 0 Å². The zero-order valence-corrected chi connectivity index (χ0v) is 10.1. The molecule has 2 atom stereocenters. The van der Waals surface area contributed by atoms with E-state index in [1.54, 1.807) is 0 Å². The molecule has 1 aromatic rings. The third kappa shape index (κ3) is 2.37. The molecule has 0 amide bonds. The minimum absolute atomic E-state index is 0.348. The van der Waals surface area contributed by atoms with Crippen LogP contribution in [0.2, 0.25) is 0 Å². The largest absolute Gasteiger partial charge is 0.327 e. The molecule has 0 aliphatic carbocycles. The predicted molar refractivity (Wildman–Crippen MR) is 67.4 cm³/mol. The van der Waals surface area contributed by atoms with Crippen molar-refractivity contribution in [3.8, 4) is 0 Å². The molecule has 0 saturated carbocycles. The van der Waals surface area contributed by atoms with E-state index in [0.29, 0.717) is 12.0 Å². The van der Waals surface area contributed by atoms with Gasteiger partial charge in [0.2, 0.25) is 0 Å². The molecule has 2 heteroatoms. The molecular weight excluding hydrogens is 202 g/mol. The fraction of sp³-hybridized carbons (Fsp3) is 0.538. The van der Waals surface area contributed by atoms with Gasteiger partial charge in [0, 0.05) is 22.6 Å². The highest BCUT2D eigenvalue weighted by Crippen LogP contribution is 2.41. The Labute approximate surface area is 96.4 Å². The van der Waals surface area contributed by atoms with Gasteiger partial charge in [0.1, 0.15) is 0 Å². The molecule has 0 fully saturated rings. The van der Waals surface area contributed by atoms with E-state index in [4.69, 9.17) is 5.73 Å². The summed E-state index contributed by atoms with van der Waals surface area (Å²) < 4.78 is 0. The molecule has 1 nitrogen and oxygen atoms in total. The normalized spacial score (nSPS) is 21.3. The molecule has 0 radical (unpaired) electrons. The summed E-state index contributed by atoms with van der Waals surface area (Å²) in [5, 5.41) is 0.